The summed E-state index contributed by atoms with van der Waals surface area (Å²) in [4.78, 5) is 4.20. The van der Waals surface area contributed by atoms with Gasteiger partial charge in [-0.3, -0.25) is 4.99 Å². The normalized spacial score (nSPS) is 12.1. The van der Waals surface area contributed by atoms with Gasteiger partial charge in [0.25, 0.3) is 0 Å². The van der Waals surface area contributed by atoms with Crippen molar-refractivity contribution in [3.63, 3.8) is 0 Å². The zero-order valence-corrected chi connectivity index (χ0v) is 13.1. The van der Waals surface area contributed by atoms with Gasteiger partial charge in [-0.2, -0.15) is 0 Å². The molecule has 128 valence electrons. The summed E-state index contributed by atoms with van der Waals surface area (Å²) in [5.74, 6) is 0.0491. The molecular formula is C17H18F3N3O. The summed E-state index contributed by atoms with van der Waals surface area (Å²) in [5.41, 5.74) is 8.61. The highest BCUT2D eigenvalue weighted by Gasteiger charge is 2.30. The van der Waals surface area contributed by atoms with Crippen LogP contribution in [0.4, 0.5) is 18.9 Å². The zero-order chi connectivity index (χ0) is 17.6. The third kappa shape index (κ3) is 6.20. The lowest BCUT2D eigenvalue weighted by atomic mass is 10.1. The summed E-state index contributed by atoms with van der Waals surface area (Å²) >= 11 is 0. The number of hydrogen-bond acceptors (Lipinski definition) is 2. The highest BCUT2D eigenvalue weighted by Crippen LogP contribution is 2.22. The molecule has 0 fully saturated rings. The largest absolute Gasteiger partial charge is 0.573 e. The van der Waals surface area contributed by atoms with Crippen LogP contribution in [0.1, 0.15) is 11.1 Å². The van der Waals surface area contributed by atoms with Crippen LogP contribution in [0, 0.1) is 6.92 Å². The average molecular weight is 337 g/mol. The van der Waals surface area contributed by atoms with Gasteiger partial charge in [0.2, 0.25) is 0 Å². The Kier molecular flexibility index (Phi) is 5.68. The van der Waals surface area contributed by atoms with Gasteiger partial charge in [-0.25, -0.2) is 0 Å². The van der Waals surface area contributed by atoms with E-state index in [0.717, 1.165) is 16.8 Å². The van der Waals surface area contributed by atoms with Crippen LogP contribution in [0.25, 0.3) is 0 Å². The molecule has 0 aliphatic rings. The van der Waals surface area contributed by atoms with E-state index < -0.39 is 6.36 Å². The van der Waals surface area contributed by atoms with Crippen molar-refractivity contribution in [2.75, 3.05) is 11.9 Å². The fourth-order valence-electron chi connectivity index (χ4n) is 2.07. The number of guanidine groups is 1. The minimum atomic E-state index is -4.68. The van der Waals surface area contributed by atoms with E-state index in [1.165, 1.54) is 12.1 Å². The Balaban J connectivity index is 1.84. The molecule has 0 amide bonds. The molecule has 24 heavy (non-hydrogen) atoms. The molecule has 0 radical (unpaired) electrons. The smallest absolute Gasteiger partial charge is 0.406 e. The van der Waals surface area contributed by atoms with Crippen molar-refractivity contribution < 1.29 is 17.9 Å². The van der Waals surface area contributed by atoms with Crippen LogP contribution < -0.4 is 15.8 Å². The summed E-state index contributed by atoms with van der Waals surface area (Å²) < 4.78 is 40.0. The highest BCUT2D eigenvalue weighted by molar-refractivity contribution is 5.92. The minimum absolute atomic E-state index is 0.240. The Hall–Kier alpha value is -2.70. The molecule has 7 heteroatoms. The van der Waals surface area contributed by atoms with Crippen molar-refractivity contribution in [2.45, 2.75) is 19.7 Å². The molecule has 0 atom stereocenters. The van der Waals surface area contributed by atoms with Crippen LogP contribution in [0.3, 0.4) is 0 Å². The van der Waals surface area contributed by atoms with E-state index in [-0.39, 0.29) is 11.7 Å². The second-order valence-electron chi connectivity index (χ2n) is 5.20. The second-order valence-corrected chi connectivity index (χ2v) is 5.20. The summed E-state index contributed by atoms with van der Waals surface area (Å²) in [6, 6.07) is 13.4. The van der Waals surface area contributed by atoms with Gasteiger partial charge in [0.15, 0.2) is 5.96 Å². The minimum Gasteiger partial charge on any atom is -0.406 e. The molecule has 0 aliphatic heterocycles. The molecule has 0 unspecified atom stereocenters. The number of benzene rings is 2. The van der Waals surface area contributed by atoms with E-state index in [2.05, 4.69) is 15.0 Å². The first kappa shape index (κ1) is 17.7. The van der Waals surface area contributed by atoms with Crippen molar-refractivity contribution in [1.82, 2.24) is 0 Å². The molecule has 0 spiro atoms. The summed E-state index contributed by atoms with van der Waals surface area (Å²) in [6.07, 6.45) is -4.12. The molecule has 0 saturated carbocycles. The first-order chi connectivity index (χ1) is 11.3. The van der Waals surface area contributed by atoms with Crippen LogP contribution >= 0.6 is 0 Å². The SMILES string of the molecule is Cc1cccc(NC(N)=NCCc2ccc(OC(F)(F)F)cc2)c1. The molecule has 0 saturated heterocycles. The van der Waals surface area contributed by atoms with Crippen LogP contribution in [-0.4, -0.2) is 18.9 Å². The molecule has 0 heterocycles. The van der Waals surface area contributed by atoms with Gasteiger partial charge in [0, 0.05) is 12.2 Å². The van der Waals surface area contributed by atoms with Gasteiger partial charge in [0.1, 0.15) is 5.75 Å². The number of rotatable bonds is 5. The zero-order valence-electron chi connectivity index (χ0n) is 13.1. The highest BCUT2D eigenvalue weighted by atomic mass is 19.4. The number of halogens is 3. The van der Waals surface area contributed by atoms with Crippen LogP contribution in [0.2, 0.25) is 0 Å². The van der Waals surface area contributed by atoms with E-state index >= 15 is 0 Å². The van der Waals surface area contributed by atoms with Gasteiger partial charge >= 0.3 is 6.36 Å². The fourth-order valence-corrected chi connectivity index (χ4v) is 2.07. The van der Waals surface area contributed by atoms with Gasteiger partial charge < -0.3 is 15.8 Å². The third-order valence-electron chi connectivity index (χ3n) is 3.13. The first-order valence-corrected chi connectivity index (χ1v) is 7.30. The van der Waals surface area contributed by atoms with E-state index in [1.807, 2.05) is 31.2 Å². The molecule has 0 aromatic heterocycles. The van der Waals surface area contributed by atoms with Crippen molar-refractivity contribution in [1.29, 1.82) is 0 Å². The molecule has 2 aromatic carbocycles. The number of nitrogens with one attached hydrogen (secondary N) is 1. The predicted octanol–water partition coefficient (Wildman–Crippen LogP) is 3.86. The maximum absolute atomic E-state index is 12.1. The van der Waals surface area contributed by atoms with E-state index in [9.17, 15) is 13.2 Å². The second kappa shape index (κ2) is 7.72. The maximum Gasteiger partial charge on any atom is 0.573 e. The molecule has 4 nitrogen and oxygen atoms in total. The predicted molar refractivity (Wildman–Crippen MR) is 88.1 cm³/mol. The molecule has 2 rings (SSSR count). The van der Waals surface area contributed by atoms with E-state index in [4.69, 9.17) is 5.73 Å². The fraction of sp³-hybridized carbons (Fsp3) is 0.235. The molecule has 2 aromatic rings. The first-order valence-electron chi connectivity index (χ1n) is 7.30. The summed E-state index contributed by atoms with van der Waals surface area (Å²) in [6.45, 7) is 2.40. The van der Waals surface area contributed by atoms with Crippen molar-refractivity contribution in [3.05, 3.63) is 59.7 Å². The molecule has 3 N–H and O–H groups in total. The Morgan fingerprint density at radius 2 is 1.88 bits per heavy atom. The number of alkyl halides is 3. The summed E-state index contributed by atoms with van der Waals surface area (Å²) in [5, 5.41) is 2.99. The third-order valence-corrected chi connectivity index (χ3v) is 3.13. The number of ether oxygens (including phenoxy) is 1. The van der Waals surface area contributed by atoms with E-state index in [1.54, 1.807) is 12.1 Å². The lowest BCUT2D eigenvalue weighted by molar-refractivity contribution is -0.274. The Morgan fingerprint density at radius 1 is 1.17 bits per heavy atom. The van der Waals surface area contributed by atoms with Gasteiger partial charge in [0.05, 0.1) is 0 Å². The van der Waals surface area contributed by atoms with E-state index in [0.29, 0.717) is 13.0 Å². The number of hydrogen-bond donors (Lipinski definition) is 2. The molecule has 0 bridgehead atoms. The maximum atomic E-state index is 12.1. The quantitative estimate of drug-likeness (QED) is 0.643. The topological polar surface area (TPSA) is 59.6 Å². The van der Waals surface area contributed by atoms with Gasteiger partial charge in [-0.1, -0.05) is 24.3 Å². The average Bonchev–Trinajstić information content (AvgIpc) is 2.47. The molecular weight excluding hydrogens is 319 g/mol. The Morgan fingerprint density at radius 3 is 2.50 bits per heavy atom. The lowest BCUT2D eigenvalue weighted by Crippen LogP contribution is -2.23. The Labute approximate surface area is 138 Å². The summed E-state index contributed by atoms with van der Waals surface area (Å²) in [7, 11) is 0. The monoisotopic (exact) mass is 337 g/mol. The number of aryl methyl sites for hydroxylation is 1. The Bertz CT molecular complexity index is 697. The van der Waals surface area contributed by atoms with Crippen LogP contribution in [-0.2, 0) is 6.42 Å². The van der Waals surface area contributed by atoms with Crippen LogP contribution in [0.15, 0.2) is 53.5 Å². The number of aliphatic imine (C=N–C) groups is 1. The van der Waals surface area contributed by atoms with Gasteiger partial charge in [-0.15, -0.1) is 13.2 Å². The van der Waals surface area contributed by atoms with Crippen LogP contribution in [0.5, 0.6) is 5.75 Å². The number of nitrogens with zero attached hydrogens (tertiary/aromatic N) is 1. The molecule has 0 aliphatic carbocycles. The van der Waals surface area contributed by atoms with Crippen molar-refractivity contribution in [3.8, 4) is 5.75 Å². The van der Waals surface area contributed by atoms with Gasteiger partial charge in [-0.05, 0) is 48.7 Å². The van der Waals surface area contributed by atoms with Crippen molar-refractivity contribution >= 4 is 11.6 Å². The standard InChI is InChI=1S/C17H18F3N3O/c1-12-3-2-4-14(11-12)23-16(21)22-10-9-13-5-7-15(8-6-13)24-17(18,19)20/h2-8,11H,9-10H2,1H3,(H3,21,22,23). The lowest BCUT2D eigenvalue weighted by Gasteiger charge is -2.09. The van der Waals surface area contributed by atoms with Crippen molar-refractivity contribution in [2.24, 2.45) is 10.7 Å². The number of anilines is 1. The number of nitrogens with two attached hydrogens (primary N) is 1.